The number of ether oxygens (including phenoxy) is 3. The van der Waals surface area contributed by atoms with Crippen molar-refractivity contribution in [3.05, 3.63) is 71.8 Å². The van der Waals surface area contributed by atoms with Gasteiger partial charge in [-0.25, -0.2) is 0 Å². The summed E-state index contributed by atoms with van der Waals surface area (Å²) in [4.78, 5) is 23.9. The molecule has 1 fully saturated rings. The highest BCUT2D eigenvalue weighted by atomic mass is 16.6. The predicted molar refractivity (Wildman–Crippen MR) is 118 cm³/mol. The average Bonchev–Trinajstić information content (AvgIpc) is 2.78. The van der Waals surface area contributed by atoms with Gasteiger partial charge in [0, 0.05) is 12.8 Å². The van der Waals surface area contributed by atoms with Crippen molar-refractivity contribution in [1.29, 1.82) is 0 Å². The lowest BCUT2D eigenvalue weighted by Crippen LogP contribution is -2.56. The van der Waals surface area contributed by atoms with Crippen molar-refractivity contribution in [1.82, 2.24) is 0 Å². The summed E-state index contributed by atoms with van der Waals surface area (Å²) < 4.78 is 18.8. The number of carbonyl (C=O) groups is 2. The number of Topliss-reactive ketones (excluding diaryl/α,β-unsaturated/α-hetero) is 1. The highest BCUT2D eigenvalue weighted by Crippen LogP contribution is 2.39. The molecule has 2 aromatic rings. The van der Waals surface area contributed by atoms with E-state index in [9.17, 15) is 9.59 Å². The Kier molecular flexibility index (Phi) is 8.13. The van der Waals surface area contributed by atoms with Gasteiger partial charge >= 0.3 is 0 Å². The fourth-order valence-corrected chi connectivity index (χ4v) is 4.06. The highest BCUT2D eigenvalue weighted by Gasteiger charge is 2.49. The molecule has 3 rings (SSSR count). The van der Waals surface area contributed by atoms with Gasteiger partial charge in [-0.05, 0) is 31.9 Å². The van der Waals surface area contributed by atoms with Crippen molar-refractivity contribution in [3.8, 4) is 0 Å². The summed E-state index contributed by atoms with van der Waals surface area (Å²) >= 11 is 0. The molecule has 1 aliphatic rings. The van der Waals surface area contributed by atoms with E-state index in [1.54, 1.807) is 6.92 Å². The first-order valence-electron chi connectivity index (χ1n) is 10.8. The van der Waals surface area contributed by atoms with E-state index in [0.717, 1.165) is 17.4 Å². The van der Waals surface area contributed by atoms with Gasteiger partial charge in [-0.3, -0.25) is 4.79 Å². The summed E-state index contributed by atoms with van der Waals surface area (Å²) in [5.74, 6) is -0.0752. The SMILES string of the molecule is CC(=O)[C@@](C)(CC=O)[C@@H]1O[C@H](C)[C@H](OCc2ccccc2)C[C@H]1OCc1ccccc1. The van der Waals surface area contributed by atoms with Crippen molar-refractivity contribution >= 4 is 12.1 Å². The maximum Gasteiger partial charge on any atom is 0.138 e. The normalized spacial score (nSPS) is 25.5. The number of rotatable bonds is 10. The van der Waals surface area contributed by atoms with Crippen LogP contribution in [0.3, 0.4) is 0 Å². The van der Waals surface area contributed by atoms with Gasteiger partial charge < -0.3 is 19.0 Å². The summed E-state index contributed by atoms with van der Waals surface area (Å²) in [5.41, 5.74) is 1.19. The van der Waals surface area contributed by atoms with E-state index in [1.807, 2.05) is 67.6 Å². The molecular formula is C26H32O5. The summed E-state index contributed by atoms with van der Waals surface area (Å²) in [5, 5.41) is 0. The zero-order chi connectivity index (χ0) is 22.3. The number of hydrogen-bond donors (Lipinski definition) is 0. The third-order valence-corrected chi connectivity index (χ3v) is 6.24. The number of carbonyl (C=O) groups excluding carboxylic acids is 2. The van der Waals surface area contributed by atoms with Gasteiger partial charge in [0.2, 0.25) is 0 Å². The number of ketones is 1. The van der Waals surface area contributed by atoms with E-state index < -0.39 is 11.5 Å². The quantitative estimate of drug-likeness (QED) is 0.525. The first-order chi connectivity index (χ1) is 14.9. The second-order valence-electron chi connectivity index (χ2n) is 8.51. The van der Waals surface area contributed by atoms with Crippen molar-refractivity contribution < 1.29 is 23.8 Å². The van der Waals surface area contributed by atoms with Crippen LogP contribution in [-0.2, 0) is 37.0 Å². The predicted octanol–water partition coefficient (Wildman–Crippen LogP) is 4.52. The topological polar surface area (TPSA) is 61.8 Å². The first kappa shape index (κ1) is 23.3. The zero-order valence-corrected chi connectivity index (χ0v) is 18.5. The molecule has 5 atom stereocenters. The summed E-state index contributed by atoms with van der Waals surface area (Å²) in [6.45, 7) is 6.15. The maximum atomic E-state index is 12.5. The Balaban J connectivity index is 1.77. The minimum atomic E-state index is -0.943. The molecule has 0 unspecified atom stereocenters. The Morgan fingerprint density at radius 3 is 2.00 bits per heavy atom. The van der Waals surface area contributed by atoms with Gasteiger partial charge in [0.25, 0.3) is 0 Å². The minimum absolute atomic E-state index is 0.0752. The second kappa shape index (κ2) is 10.8. The molecule has 5 heteroatoms. The Bertz CT molecular complexity index is 837. The molecule has 0 aliphatic carbocycles. The third kappa shape index (κ3) is 5.88. The molecule has 0 N–H and O–H groups in total. The Hall–Kier alpha value is -2.34. The van der Waals surface area contributed by atoms with Crippen LogP contribution in [0.2, 0.25) is 0 Å². The molecule has 5 nitrogen and oxygen atoms in total. The van der Waals surface area contributed by atoms with Gasteiger partial charge in [0.1, 0.15) is 12.1 Å². The van der Waals surface area contributed by atoms with E-state index in [4.69, 9.17) is 14.2 Å². The minimum Gasteiger partial charge on any atom is -0.371 e. The molecular weight excluding hydrogens is 392 g/mol. The maximum absolute atomic E-state index is 12.5. The fourth-order valence-electron chi connectivity index (χ4n) is 4.06. The molecule has 0 spiro atoms. The van der Waals surface area contributed by atoms with E-state index in [2.05, 4.69) is 0 Å². The van der Waals surface area contributed by atoms with E-state index >= 15 is 0 Å². The fraction of sp³-hybridized carbons (Fsp3) is 0.462. The second-order valence-corrected chi connectivity index (χ2v) is 8.51. The molecule has 0 radical (unpaired) electrons. The molecule has 0 bridgehead atoms. The number of hydrogen-bond acceptors (Lipinski definition) is 5. The number of benzene rings is 2. The van der Waals surface area contributed by atoms with Gasteiger partial charge in [-0.15, -0.1) is 0 Å². The monoisotopic (exact) mass is 424 g/mol. The molecule has 1 heterocycles. The van der Waals surface area contributed by atoms with Crippen molar-refractivity contribution in [3.63, 3.8) is 0 Å². The number of aldehydes is 1. The third-order valence-electron chi connectivity index (χ3n) is 6.24. The lowest BCUT2D eigenvalue weighted by atomic mass is 9.73. The van der Waals surface area contributed by atoms with Gasteiger partial charge in [0.15, 0.2) is 0 Å². The van der Waals surface area contributed by atoms with Crippen LogP contribution >= 0.6 is 0 Å². The van der Waals surface area contributed by atoms with Crippen LogP contribution in [0.25, 0.3) is 0 Å². The smallest absolute Gasteiger partial charge is 0.138 e. The molecule has 0 amide bonds. The lowest BCUT2D eigenvalue weighted by molar-refractivity contribution is -0.225. The van der Waals surface area contributed by atoms with E-state index in [0.29, 0.717) is 19.6 Å². The molecule has 0 aromatic heterocycles. The molecule has 1 aliphatic heterocycles. The molecule has 1 saturated heterocycles. The summed E-state index contributed by atoms with van der Waals surface area (Å²) in [7, 11) is 0. The molecule has 0 saturated carbocycles. The van der Waals surface area contributed by atoms with Crippen molar-refractivity contribution in [2.45, 2.75) is 71.2 Å². The van der Waals surface area contributed by atoms with E-state index in [1.165, 1.54) is 6.92 Å². The Morgan fingerprint density at radius 1 is 1.00 bits per heavy atom. The molecule has 2 aromatic carbocycles. The summed E-state index contributed by atoms with van der Waals surface area (Å²) in [6, 6.07) is 19.9. The van der Waals surface area contributed by atoms with Crippen LogP contribution < -0.4 is 0 Å². The molecule has 31 heavy (non-hydrogen) atoms. The van der Waals surface area contributed by atoms with Gasteiger partial charge in [-0.1, -0.05) is 60.7 Å². The van der Waals surface area contributed by atoms with Crippen LogP contribution in [0, 0.1) is 5.41 Å². The Morgan fingerprint density at radius 2 is 1.52 bits per heavy atom. The standard InChI is InChI=1S/C26H32O5/c1-19-23(29-17-21-10-6-4-7-11-21)16-24(30-18-22-12-8-5-9-13-22)25(31-19)26(3,14-15-27)20(2)28/h4-13,15,19,23-25H,14,16-18H2,1-3H3/t19-,23-,24-,25-,26-/m1/s1. The van der Waals surface area contributed by atoms with Crippen LogP contribution in [0.5, 0.6) is 0 Å². The summed E-state index contributed by atoms with van der Waals surface area (Å²) in [6.07, 6.45) is 0.187. The zero-order valence-electron chi connectivity index (χ0n) is 18.5. The van der Waals surface area contributed by atoms with Crippen LogP contribution in [0.4, 0.5) is 0 Å². The van der Waals surface area contributed by atoms with Crippen LogP contribution in [0.1, 0.15) is 44.7 Å². The average molecular weight is 425 g/mol. The Labute approximate surface area is 184 Å². The van der Waals surface area contributed by atoms with E-state index in [-0.39, 0.29) is 30.5 Å². The van der Waals surface area contributed by atoms with Gasteiger partial charge in [0.05, 0.1) is 43.0 Å². The van der Waals surface area contributed by atoms with Crippen molar-refractivity contribution in [2.75, 3.05) is 0 Å². The highest BCUT2D eigenvalue weighted by molar-refractivity contribution is 5.85. The van der Waals surface area contributed by atoms with Gasteiger partial charge in [-0.2, -0.15) is 0 Å². The molecule has 166 valence electrons. The lowest BCUT2D eigenvalue weighted by Gasteiger charge is -2.46. The van der Waals surface area contributed by atoms with Crippen LogP contribution in [-0.4, -0.2) is 36.5 Å². The van der Waals surface area contributed by atoms with Crippen LogP contribution in [0.15, 0.2) is 60.7 Å². The first-order valence-corrected chi connectivity index (χ1v) is 10.8. The largest absolute Gasteiger partial charge is 0.371 e. The van der Waals surface area contributed by atoms with Crippen molar-refractivity contribution in [2.24, 2.45) is 5.41 Å².